The first-order valence-electron chi connectivity index (χ1n) is 6.74. The van der Waals surface area contributed by atoms with Gasteiger partial charge in [0.05, 0.1) is 5.39 Å². The van der Waals surface area contributed by atoms with Gasteiger partial charge in [0, 0.05) is 5.56 Å². The van der Waals surface area contributed by atoms with Crippen molar-refractivity contribution in [3.05, 3.63) is 39.2 Å². The van der Waals surface area contributed by atoms with E-state index in [0.717, 1.165) is 0 Å². The number of aryl methyl sites for hydroxylation is 1. The molecule has 0 N–H and O–H groups in total. The van der Waals surface area contributed by atoms with Crippen LogP contribution in [0, 0.1) is 6.92 Å². The van der Waals surface area contributed by atoms with Gasteiger partial charge in [0.1, 0.15) is 28.2 Å². The molecule has 2 aromatic rings. The van der Waals surface area contributed by atoms with E-state index in [4.69, 9.17) is 25.5 Å². The van der Waals surface area contributed by atoms with E-state index in [1.165, 1.54) is 6.26 Å². The second-order valence-corrected chi connectivity index (χ2v) is 6.26. The van der Waals surface area contributed by atoms with E-state index in [1.54, 1.807) is 39.8 Å². The number of rotatable bonds is 3. The molecule has 0 spiro atoms. The van der Waals surface area contributed by atoms with E-state index >= 15 is 0 Å². The van der Waals surface area contributed by atoms with Gasteiger partial charge in [0.25, 0.3) is 0 Å². The van der Waals surface area contributed by atoms with Gasteiger partial charge in [-0.15, -0.1) is 0 Å². The first-order chi connectivity index (χ1) is 10.2. The summed E-state index contributed by atoms with van der Waals surface area (Å²) >= 11 is 5.75. The highest BCUT2D eigenvalue weighted by molar-refractivity contribution is 6.30. The highest BCUT2D eigenvalue weighted by atomic mass is 35.5. The number of fused-ring (bicyclic) bond motifs is 1. The number of esters is 1. The van der Waals surface area contributed by atoms with Gasteiger partial charge in [-0.25, -0.2) is 4.79 Å². The molecule has 0 unspecified atom stereocenters. The fourth-order valence-corrected chi connectivity index (χ4v) is 2.11. The molecule has 0 atom stereocenters. The van der Waals surface area contributed by atoms with Gasteiger partial charge in [-0.3, -0.25) is 4.79 Å². The zero-order chi connectivity index (χ0) is 16.5. The summed E-state index contributed by atoms with van der Waals surface area (Å²) in [7, 11) is 0. The zero-order valence-corrected chi connectivity index (χ0v) is 13.6. The average Bonchev–Trinajstić information content (AvgIpc) is 2.40. The van der Waals surface area contributed by atoms with E-state index in [2.05, 4.69) is 0 Å². The number of benzene rings is 1. The Kier molecular flexibility index (Phi) is 4.47. The average molecular weight is 325 g/mol. The van der Waals surface area contributed by atoms with Crippen molar-refractivity contribution in [1.82, 2.24) is 0 Å². The molecule has 0 saturated heterocycles. The van der Waals surface area contributed by atoms with Crippen LogP contribution in [0.3, 0.4) is 0 Å². The van der Waals surface area contributed by atoms with Crippen LogP contribution in [-0.2, 0) is 9.53 Å². The van der Waals surface area contributed by atoms with Crippen LogP contribution in [0.25, 0.3) is 11.0 Å². The van der Waals surface area contributed by atoms with Crippen molar-refractivity contribution in [2.75, 3.05) is 6.61 Å². The first-order valence-corrected chi connectivity index (χ1v) is 7.12. The summed E-state index contributed by atoms with van der Waals surface area (Å²) in [5.41, 5.74) is 0.137. The topological polar surface area (TPSA) is 65.7 Å². The third kappa shape index (κ3) is 3.60. The van der Waals surface area contributed by atoms with Gasteiger partial charge in [-0.1, -0.05) is 11.6 Å². The van der Waals surface area contributed by atoms with E-state index in [-0.39, 0.29) is 17.1 Å². The summed E-state index contributed by atoms with van der Waals surface area (Å²) in [5.74, 6) is -0.0200. The second kappa shape index (κ2) is 6.01. The van der Waals surface area contributed by atoms with Gasteiger partial charge < -0.3 is 13.9 Å². The third-order valence-corrected chi connectivity index (χ3v) is 3.12. The van der Waals surface area contributed by atoms with Crippen LogP contribution in [-0.4, -0.2) is 18.2 Å². The Bertz CT molecular complexity index is 770. The summed E-state index contributed by atoms with van der Waals surface area (Å²) in [4.78, 5) is 23.6. The van der Waals surface area contributed by atoms with Crippen LogP contribution in [0.2, 0.25) is 5.02 Å². The van der Waals surface area contributed by atoms with E-state index in [1.807, 2.05) is 0 Å². The van der Waals surface area contributed by atoms with Crippen LogP contribution in [0.15, 0.2) is 27.6 Å². The molecule has 0 bridgehead atoms. The van der Waals surface area contributed by atoms with Crippen molar-refractivity contribution < 1.29 is 18.7 Å². The minimum atomic E-state index is -0.567. The molecule has 5 nitrogen and oxygen atoms in total. The van der Waals surface area contributed by atoms with Crippen molar-refractivity contribution >= 4 is 28.5 Å². The minimum absolute atomic E-state index is 0.0225. The van der Waals surface area contributed by atoms with Crippen LogP contribution >= 0.6 is 11.6 Å². The van der Waals surface area contributed by atoms with Gasteiger partial charge in [-0.2, -0.15) is 0 Å². The molecule has 0 aliphatic carbocycles. The molecule has 118 valence electrons. The molecule has 2 rings (SSSR count). The summed E-state index contributed by atoms with van der Waals surface area (Å²) in [6.45, 7) is 6.87. The molecular weight excluding hydrogens is 308 g/mol. The Morgan fingerprint density at radius 3 is 2.64 bits per heavy atom. The Morgan fingerprint density at radius 1 is 1.32 bits per heavy atom. The standard InChI is InChI=1S/C16H17ClO5/c1-9-12(20-8-13(18)22-16(2,3)4)6-5-10-14(19)11(17)7-21-15(9)10/h5-7H,8H2,1-4H3. The molecule has 0 amide bonds. The predicted molar refractivity (Wildman–Crippen MR) is 83.6 cm³/mol. The summed E-state index contributed by atoms with van der Waals surface area (Å²) < 4.78 is 16.0. The molecule has 1 heterocycles. The molecule has 0 saturated carbocycles. The van der Waals surface area contributed by atoms with Crippen molar-refractivity contribution in [2.24, 2.45) is 0 Å². The lowest BCUT2D eigenvalue weighted by atomic mass is 10.1. The van der Waals surface area contributed by atoms with Crippen molar-refractivity contribution in [3.63, 3.8) is 0 Å². The van der Waals surface area contributed by atoms with Gasteiger partial charge in [-0.05, 0) is 39.8 Å². The molecule has 0 aliphatic rings. The fraction of sp³-hybridized carbons (Fsp3) is 0.375. The van der Waals surface area contributed by atoms with Crippen LogP contribution in [0.5, 0.6) is 5.75 Å². The quantitative estimate of drug-likeness (QED) is 0.809. The maximum Gasteiger partial charge on any atom is 0.344 e. The van der Waals surface area contributed by atoms with Crippen LogP contribution in [0.4, 0.5) is 0 Å². The molecule has 1 aromatic heterocycles. The largest absolute Gasteiger partial charge is 0.481 e. The molecule has 0 radical (unpaired) electrons. The smallest absolute Gasteiger partial charge is 0.344 e. The molecular formula is C16H17ClO5. The number of ether oxygens (including phenoxy) is 2. The minimum Gasteiger partial charge on any atom is -0.481 e. The fourth-order valence-electron chi connectivity index (χ4n) is 1.96. The van der Waals surface area contributed by atoms with Gasteiger partial charge in [0.2, 0.25) is 5.43 Å². The molecule has 1 aromatic carbocycles. The van der Waals surface area contributed by atoms with Crippen molar-refractivity contribution in [3.8, 4) is 5.75 Å². The molecule has 6 heteroatoms. The van der Waals surface area contributed by atoms with E-state index in [9.17, 15) is 9.59 Å². The van der Waals surface area contributed by atoms with Crippen molar-refractivity contribution in [1.29, 1.82) is 0 Å². The Morgan fingerprint density at radius 2 is 2.00 bits per heavy atom. The highest BCUT2D eigenvalue weighted by Crippen LogP contribution is 2.26. The lowest BCUT2D eigenvalue weighted by Gasteiger charge is -2.19. The Labute approximate surface area is 132 Å². The summed E-state index contributed by atoms with van der Waals surface area (Å²) in [5, 5.41) is 0.393. The maximum absolute atomic E-state index is 11.9. The monoisotopic (exact) mass is 324 g/mol. The summed E-state index contributed by atoms with van der Waals surface area (Å²) in [6.07, 6.45) is 1.19. The molecule has 0 fully saturated rings. The lowest BCUT2D eigenvalue weighted by molar-refractivity contribution is -0.157. The van der Waals surface area contributed by atoms with Crippen molar-refractivity contribution in [2.45, 2.75) is 33.3 Å². The van der Waals surface area contributed by atoms with Crippen LogP contribution in [0.1, 0.15) is 26.3 Å². The number of carbonyl (C=O) groups is 1. The number of carbonyl (C=O) groups excluding carboxylic acids is 1. The normalized spacial score (nSPS) is 11.5. The van der Waals surface area contributed by atoms with Gasteiger partial charge in [0.15, 0.2) is 6.61 Å². The molecule has 0 aliphatic heterocycles. The summed E-state index contributed by atoms with van der Waals surface area (Å²) in [6, 6.07) is 3.17. The van der Waals surface area contributed by atoms with Gasteiger partial charge >= 0.3 is 5.97 Å². The Balaban J connectivity index is 2.23. The predicted octanol–water partition coefficient (Wildman–Crippen LogP) is 3.48. The zero-order valence-electron chi connectivity index (χ0n) is 12.9. The van der Waals surface area contributed by atoms with E-state index < -0.39 is 11.6 Å². The number of hydrogen-bond acceptors (Lipinski definition) is 5. The maximum atomic E-state index is 11.9. The molecule has 22 heavy (non-hydrogen) atoms. The second-order valence-electron chi connectivity index (χ2n) is 5.85. The SMILES string of the molecule is Cc1c(OCC(=O)OC(C)(C)C)ccc2c(=O)c(Cl)coc12. The third-order valence-electron chi connectivity index (χ3n) is 2.86. The van der Waals surface area contributed by atoms with Crippen LogP contribution < -0.4 is 10.2 Å². The highest BCUT2D eigenvalue weighted by Gasteiger charge is 2.18. The lowest BCUT2D eigenvalue weighted by Crippen LogP contribution is -2.27. The first kappa shape index (κ1) is 16.4. The van der Waals surface area contributed by atoms with E-state index in [0.29, 0.717) is 22.3 Å². The Hall–Kier alpha value is -2.01. The number of hydrogen-bond donors (Lipinski definition) is 0. The number of halogens is 1.